The fourth-order valence-corrected chi connectivity index (χ4v) is 4.01. The Morgan fingerprint density at radius 3 is 1.79 bits per heavy atom. The van der Waals surface area contributed by atoms with Crippen molar-refractivity contribution in [2.75, 3.05) is 13.2 Å². The highest BCUT2D eigenvalue weighted by molar-refractivity contribution is 5.94. The number of hydrogen-bond donors (Lipinski definition) is 8. The SMILES string of the molecule is O=C(N[C@@H]1O[C@H](CO)[C@@H](O[C@H]2O[C@H](CO)[C@@H](O)[C@H](O)[C@H]2O)[C@H](O)[C@H]1O)c1cc(C(F)(F)F)cc(C(F)(F)F)c1. The molecule has 3 rings (SSSR count). The van der Waals surface area contributed by atoms with Crippen LogP contribution in [-0.4, -0.2) is 116 Å². The molecule has 2 aliphatic rings. The molecule has 8 N–H and O–H groups in total. The Bertz CT molecular complexity index is 975. The number of carbonyl (C=O) groups is 1. The molecule has 39 heavy (non-hydrogen) atoms. The lowest BCUT2D eigenvalue weighted by molar-refractivity contribution is -0.342. The van der Waals surface area contributed by atoms with E-state index in [1.54, 1.807) is 0 Å². The zero-order chi connectivity index (χ0) is 29.4. The van der Waals surface area contributed by atoms with E-state index in [9.17, 15) is 66.9 Å². The Balaban J connectivity index is 1.79. The van der Waals surface area contributed by atoms with Gasteiger partial charge < -0.3 is 55.3 Å². The topological polar surface area (TPSA) is 198 Å². The maximum Gasteiger partial charge on any atom is 0.416 e. The molecule has 12 nitrogen and oxygen atoms in total. The van der Waals surface area contributed by atoms with E-state index in [4.69, 9.17) is 14.2 Å². The van der Waals surface area contributed by atoms with Crippen LogP contribution in [-0.2, 0) is 26.6 Å². The van der Waals surface area contributed by atoms with Crippen molar-refractivity contribution in [1.29, 1.82) is 0 Å². The number of halogens is 6. The highest BCUT2D eigenvalue weighted by Gasteiger charge is 2.51. The van der Waals surface area contributed by atoms with Gasteiger partial charge in [0.25, 0.3) is 5.91 Å². The summed E-state index contributed by atoms with van der Waals surface area (Å²) in [6.45, 7) is -1.83. The smallest absolute Gasteiger partial charge is 0.394 e. The van der Waals surface area contributed by atoms with Gasteiger partial charge in [0.05, 0.1) is 24.3 Å². The zero-order valence-electron chi connectivity index (χ0n) is 19.5. The van der Waals surface area contributed by atoms with Crippen LogP contribution in [0.2, 0.25) is 0 Å². The molecule has 2 saturated heterocycles. The quantitative estimate of drug-likeness (QED) is 0.174. The van der Waals surface area contributed by atoms with Crippen LogP contribution in [0.3, 0.4) is 0 Å². The molecular formula is C21H25F6NO11. The van der Waals surface area contributed by atoms with E-state index in [-0.39, 0.29) is 18.2 Å². The van der Waals surface area contributed by atoms with Crippen molar-refractivity contribution in [1.82, 2.24) is 5.32 Å². The summed E-state index contributed by atoms with van der Waals surface area (Å²) in [5.74, 6) is -1.56. The van der Waals surface area contributed by atoms with E-state index < -0.39 is 110 Å². The Kier molecular flexibility index (Phi) is 9.48. The first-order chi connectivity index (χ1) is 18.0. The van der Waals surface area contributed by atoms with Crippen LogP contribution in [0.15, 0.2) is 18.2 Å². The van der Waals surface area contributed by atoms with Crippen molar-refractivity contribution in [3.05, 3.63) is 34.9 Å². The minimum absolute atomic E-state index is 0.130. The van der Waals surface area contributed by atoms with Gasteiger partial charge in [-0.1, -0.05) is 0 Å². The number of rotatable bonds is 6. The summed E-state index contributed by atoms with van der Waals surface area (Å²) in [5.41, 5.74) is -4.68. The molecule has 18 heteroatoms. The minimum Gasteiger partial charge on any atom is -0.394 e. The molecular weight excluding hydrogens is 556 g/mol. The van der Waals surface area contributed by atoms with Gasteiger partial charge in [-0.3, -0.25) is 4.79 Å². The predicted molar refractivity (Wildman–Crippen MR) is 110 cm³/mol. The van der Waals surface area contributed by atoms with Gasteiger partial charge in [-0.05, 0) is 18.2 Å². The highest BCUT2D eigenvalue weighted by Crippen LogP contribution is 2.36. The number of aliphatic hydroxyl groups is 7. The van der Waals surface area contributed by atoms with Gasteiger partial charge >= 0.3 is 12.4 Å². The first kappa shape index (κ1) is 31.4. The third-order valence-electron chi connectivity index (χ3n) is 6.13. The number of amides is 1. The number of hydrogen-bond acceptors (Lipinski definition) is 11. The first-order valence-corrected chi connectivity index (χ1v) is 11.2. The monoisotopic (exact) mass is 581 g/mol. The Morgan fingerprint density at radius 2 is 1.31 bits per heavy atom. The second kappa shape index (κ2) is 11.8. The van der Waals surface area contributed by atoms with E-state index in [0.29, 0.717) is 0 Å². The van der Waals surface area contributed by atoms with Crippen molar-refractivity contribution >= 4 is 5.91 Å². The largest absolute Gasteiger partial charge is 0.416 e. The maximum atomic E-state index is 13.1. The molecule has 2 heterocycles. The van der Waals surface area contributed by atoms with Crippen LogP contribution < -0.4 is 5.32 Å². The van der Waals surface area contributed by atoms with Crippen LogP contribution in [0.25, 0.3) is 0 Å². The van der Waals surface area contributed by atoms with E-state index in [1.165, 1.54) is 0 Å². The molecule has 0 aliphatic carbocycles. The lowest BCUT2D eigenvalue weighted by atomic mass is 9.96. The lowest BCUT2D eigenvalue weighted by Gasteiger charge is -2.46. The molecule has 0 radical (unpaired) electrons. The second-order valence-electron chi connectivity index (χ2n) is 8.82. The van der Waals surface area contributed by atoms with Crippen LogP contribution >= 0.6 is 0 Å². The fraction of sp³-hybridized carbons (Fsp3) is 0.667. The van der Waals surface area contributed by atoms with Gasteiger partial charge in [0.2, 0.25) is 0 Å². The van der Waals surface area contributed by atoms with Gasteiger partial charge in [-0.15, -0.1) is 0 Å². The minimum atomic E-state index is -5.25. The average molecular weight is 581 g/mol. The van der Waals surface area contributed by atoms with Crippen molar-refractivity contribution in [2.45, 2.75) is 73.7 Å². The van der Waals surface area contributed by atoms with Crippen LogP contribution in [0.5, 0.6) is 0 Å². The molecule has 1 aromatic carbocycles. The third kappa shape index (κ3) is 6.79. The molecule has 222 valence electrons. The molecule has 0 spiro atoms. The van der Waals surface area contributed by atoms with Crippen molar-refractivity contribution in [3.63, 3.8) is 0 Å². The number of benzene rings is 1. The first-order valence-electron chi connectivity index (χ1n) is 11.2. The second-order valence-corrected chi connectivity index (χ2v) is 8.82. The molecule has 1 amide bonds. The molecule has 1 aromatic rings. The maximum absolute atomic E-state index is 13.1. The molecule has 10 atom stereocenters. The van der Waals surface area contributed by atoms with E-state index >= 15 is 0 Å². The molecule has 2 fully saturated rings. The van der Waals surface area contributed by atoms with E-state index in [0.717, 1.165) is 0 Å². The Hall–Kier alpha value is -2.13. The van der Waals surface area contributed by atoms with Crippen molar-refractivity contribution < 1.29 is 81.1 Å². The van der Waals surface area contributed by atoms with E-state index in [1.807, 2.05) is 5.32 Å². The summed E-state index contributed by atoms with van der Waals surface area (Å²) >= 11 is 0. The average Bonchev–Trinajstić information content (AvgIpc) is 2.86. The summed E-state index contributed by atoms with van der Waals surface area (Å²) in [4.78, 5) is 12.6. The third-order valence-corrected chi connectivity index (χ3v) is 6.13. The molecule has 0 bridgehead atoms. The van der Waals surface area contributed by atoms with Gasteiger partial charge in [0.1, 0.15) is 48.8 Å². The van der Waals surface area contributed by atoms with Gasteiger partial charge in [-0.25, -0.2) is 0 Å². The standard InChI is InChI=1S/C21H25F6NO11/c22-20(23,24)7-1-6(2-8(3-7)21(25,26)27)17(36)28-18-14(34)13(33)16(10(5-30)37-18)39-19-15(35)12(32)11(31)9(4-29)38-19/h1-3,9-16,18-19,29-35H,4-5H2,(H,28,36)/t9-,10-,11-,12+,13-,14-,15-,16-,18-,19-/m1/s1. The summed E-state index contributed by atoms with van der Waals surface area (Å²) in [5, 5.41) is 71.6. The number of carbonyl (C=O) groups excluding carboxylic acids is 1. The summed E-state index contributed by atoms with van der Waals surface area (Å²) in [6.07, 6.45) is -29.0. The Labute approximate surface area is 214 Å². The molecule has 0 unspecified atom stereocenters. The van der Waals surface area contributed by atoms with Crippen molar-refractivity contribution in [2.24, 2.45) is 0 Å². The molecule has 2 aliphatic heterocycles. The van der Waals surface area contributed by atoms with Crippen LogP contribution in [0.4, 0.5) is 26.3 Å². The number of alkyl halides is 6. The lowest BCUT2D eigenvalue weighted by Crippen LogP contribution is -2.66. The van der Waals surface area contributed by atoms with Gasteiger partial charge in [0, 0.05) is 5.56 Å². The predicted octanol–water partition coefficient (Wildman–Crippen LogP) is -1.92. The highest BCUT2D eigenvalue weighted by atomic mass is 19.4. The number of aliphatic hydroxyl groups excluding tert-OH is 7. The van der Waals surface area contributed by atoms with Crippen LogP contribution in [0, 0.1) is 0 Å². The normalized spacial score (nSPS) is 36.0. The van der Waals surface area contributed by atoms with Crippen LogP contribution in [0.1, 0.15) is 21.5 Å². The molecule has 0 saturated carbocycles. The molecule has 0 aromatic heterocycles. The fourth-order valence-electron chi connectivity index (χ4n) is 4.01. The van der Waals surface area contributed by atoms with Gasteiger partial charge in [-0.2, -0.15) is 26.3 Å². The van der Waals surface area contributed by atoms with Gasteiger partial charge in [0.15, 0.2) is 12.5 Å². The summed E-state index contributed by atoms with van der Waals surface area (Å²) in [7, 11) is 0. The number of ether oxygens (including phenoxy) is 3. The zero-order valence-corrected chi connectivity index (χ0v) is 19.5. The number of nitrogens with one attached hydrogen (secondary N) is 1. The van der Waals surface area contributed by atoms with Crippen molar-refractivity contribution in [3.8, 4) is 0 Å². The van der Waals surface area contributed by atoms with E-state index in [2.05, 4.69) is 0 Å². The summed E-state index contributed by atoms with van der Waals surface area (Å²) < 4.78 is 94.4. The summed E-state index contributed by atoms with van der Waals surface area (Å²) in [6, 6.07) is 0.0603. The Morgan fingerprint density at radius 1 is 0.769 bits per heavy atom.